The Kier molecular flexibility index (Phi) is 2.76. The average Bonchev–Trinajstić information content (AvgIpc) is 2.04. The Morgan fingerprint density at radius 1 is 1.18 bits per heavy atom. The number of hydrogen-bond donors (Lipinski definition) is 2. The zero-order chi connectivity index (χ0) is 8.27. The van der Waals surface area contributed by atoms with Crippen molar-refractivity contribution in [1.29, 1.82) is 0 Å². The molecule has 0 aliphatic carbocycles. The van der Waals surface area contributed by atoms with Crippen molar-refractivity contribution in [2.45, 2.75) is 0 Å². The Balaban J connectivity index is 2.99. The van der Waals surface area contributed by atoms with Crippen LogP contribution in [0.3, 0.4) is 0 Å². The van der Waals surface area contributed by atoms with E-state index in [2.05, 4.69) is 26.6 Å². The van der Waals surface area contributed by atoms with Crippen molar-refractivity contribution in [3.8, 4) is 0 Å². The van der Waals surface area contributed by atoms with Crippen molar-refractivity contribution in [3.05, 3.63) is 22.7 Å². The SMILES string of the molecule is CNc1ccc(NC)c(Br)c1. The molecule has 1 aromatic carbocycles. The highest BCUT2D eigenvalue weighted by molar-refractivity contribution is 9.10. The molecule has 0 aromatic heterocycles. The molecule has 0 aliphatic rings. The quantitative estimate of drug-likeness (QED) is 0.792. The van der Waals surface area contributed by atoms with Gasteiger partial charge in [-0.1, -0.05) is 0 Å². The highest BCUT2D eigenvalue weighted by Gasteiger charge is 1.96. The standard InChI is InChI=1S/C8H11BrN2/c1-10-6-3-4-8(11-2)7(9)5-6/h3-5,10-11H,1-2H3. The minimum absolute atomic E-state index is 1.08. The van der Waals surface area contributed by atoms with E-state index >= 15 is 0 Å². The van der Waals surface area contributed by atoms with Gasteiger partial charge < -0.3 is 10.6 Å². The highest BCUT2D eigenvalue weighted by atomic mass is 79.9. The molecule has 0 spiro atoms. The third-order valence-electron chi connectivity index (χ3n) is 1.53. The fourth-order valence-corrected chi connectivity index (χ4v) is 1.45. The van der Waals surface area contributed by atoms with Crippen LogP contribution < -0.4 is 10.6 Å². The van der Waals surface area contributed by atoms with E-state index in [0.717, 1.165) is 15.8 Å². The molecule has 0 unspecified atom stereocenters. The first-order chi connectivity index (χ1) is 5.27. The van der Waals surface area contributed by atoms with Gasteiger partial charge in [-0.25, -0.2) is 0 Å². The fourth-order valence-electron chi connectivity index (χ4n) is 0.873. The van der Waals surface area contributed by atoms with Crippen LogP contribution in [0.15, 0.2) is 22.7 Å². The van der Waals surface area contributed by atoms with Crippen LogP contribution in [0.2, 0.25) is 0 Å². The first-order valence-electron chi connectivity index (χ1n) is 3.43. The van der Waals surface area contributed by atoms with Crippen molar-refractivity contribution in [1.82, 2.24) is 0 Å². The molecular formula is C8H11BrN2. The smallest absolute Gasteiger partial charge is 0.0483 e. The van der Waals surface area contributed by atoms with Gasteiger partial charge in [0.25, 0.3) is 0 Å². The number of hydrogen-bond acceptors (Lipinski definition) is 2. The van der Waals surface area contributed by atoms with E-state index in [1.165, 1.54) is 0 Å². The van der Waals surface area contributed by atoms with E-state index in [1.807, 2.05) is 32.3 Å². The van der Waals surface area contributed by atoms with E-state index in [0.29, 0.717) is 0 Å². The molecule has 0 aliphatic heterocycles. The van der Waals surface area contributed by atoms with Gasteiger partial charge in [-0.2, -0.15) is 0 Å². The third kappa shape index (κ3) is 1.87. The molecule has 0 atom stereocenters. The van der Waals surface area contributed by atoms with E-state index in [9.17, 15) is 0 Å². The van der Waals surface area contributed by atoms with Crippen LogP contribution in [0.25, 0.3) is 0 Å². The van der Waals surface area contributed by atoms with Crippen LogP contribution in [0.1, 0.15) is 0 Å². The summed E-state index contributed by atoms with van der Waals surface area (Å²) in [6, 6.07) is 6.08. The second kappa shape index (κ2) is 3.62. The molecule has 3 heteroatoms. The Labute approximate surface area is 75.1 Å². The molecule has 0 saturated heterocycles. The minimum atomic E-state index is 1.08. The first kappa shape index (κ1) is 8.40. The Bertz CT molecular complexity index is 248. The Morgan fingerprint density at radius 3 is 2.36 bits per heavy atom. The van der Waals surface area contributed by atoms with Crippen molar-refractivity contribution >= 4 is 27.3 Å². The van der Waals surface area contributed by atoms with Crippen LogP contribution in [0, 0.1) is 0 Å². The lowest BCUT2D eigenvalue weighted by molar-refractivity contribution is 1.45. The minimum Gasteiger partial charge on any atom is -0.388 e. The second-order valence-corrected chi connectivity index (χ2v) is 3.05. The van der Waals surface area contributed by atoms with Gasteiger partial charge >= 0.3 is 0 Å². The number of rotatable bonds is 2. The summed E-state index contributed by atoms with van der Waals surface area (Å²) >= 11 is 3.45. The summed E-state index contributed by atoms with van der Waals surface area (Å²) in [7, 11) is 3.81. The lowest BCUT2D eigenvalue weighted by Gasteiger charge is -2.05. The number of anilines is 2. The summed E-state index contributed by atoms with van der Waals surface area (Å²) in [5.41, 5.74) is 2.21. The van der Waals surface area contributed by atoms with Gasteiger partial charge in [0.05, 0.1) is 0 Å². The molecule has 0 fully saturated rings. The van der Waals surface area contributed by atoms with Crippen LogP contribution in [-0.2, 0) is 0 Å². The maximum atomic E-state index is 3.45. The predicted molar refractivity (Wildman–Crippen MR) is 53.2 cm³/mol. The summed E-state index contributed by atoms with van der Waals surface area (Å²) in [4.78, 5) is 0. The van der Waals surface area contributed by atoms with Crippen LogP contribution in [0.5, 0.6) is 0 Å². The lowest BCUT2D eigenvalue weighted by atomic mass is 10.3. The van der Waals surface area contributed by atoms with Gasteiger partial charge in [0.2, 0.25) is 0 Å². The molecule has 60 valence electrons. The van der Waals surface area contributed by atoms with Gasteiger partial charge in [-0.05, 0) is 34.1 Å². The van der Waals surface area contributed by atoms with Crippen LogP contribution in [-0.4, -0.2) is 14.1 Å². The molecule has 0 amide bonds. The summed E-state index contributed by atoms with van der Waals surface area (Å²) in [5, 5.41) is 6.13. The molecule has 0 saturated carbocycles. The maximum absolute atomic E-state index is 3.45. The summed E-state index contributed by atoms with van der Waals surface area (Å²) < 4.78 is 1.08. The number of nitrogens with one attached hydrogen (secondary N) is 2. The first-order valence-corrected chi connectivity index (χ1v) is 4.22. The highest BCUT2D eigenvalue weighted by Crippen LogP contribution is 2.24. The number of halogens is 1. The molecular weight excluding hydrogens is 204 g/mol. The van der Waals surface area contributed by atoms with Gasteiger partial charge in [-0.15, -0.1) is 0 Å². The predicted octanol–water partition coefficient (Wildman–Crippen LogP) is 2.53. The monoisotopic (exact) mass is 214 g/mol. The van der Waals surface area contributed by atoms with Crippen molar-refractivity contribution in [3.63, 3.8) is 0 Å². The topological polar surface area (TPSA) is 24.1 Å². The summed E-state index contributed by atoms with van der Waals surface area (Å²) in [6.45, 7) is 0. The average molecular weight is 215 g/mol. The zero-order valence-electron chi connectivity index (χ0n) is 6.61. The molecule has 0 heterocycles. The normalized spacial score (nSPS) is 9.36. The van der Waals surface area contributed by atoms with Gasteiger partial charge in [0.15, 0.2) is 0 Å². The van der Waals surface area contributed by atoms with Crippen molar-refractivity contribution in [2.75, 3.05) is 24.7 Å². The van der Waals surface area contributed by atoms with Gasteiger partial charge in [0, 0.05) is 29.9 Å². The third-order valence-corrected chi connectivity index (χ3v) is 2.18. The molecule has 1 rings (SSSR count). The van der Waals surface area contributed by atoms with E-state index in [1.54, 1.807) is 0 Å². The van der Waals surface area contributed by atoms with Gasteiger partial charge in [-0.3, -0.25) is 0 Å². The van der Waals surface area contributed by atoms with Crippen LogP contribution >= 0.6 is 15.9 Å². The molecule has 1 aromatic rings. The molecule has 2 N–H and O–H groups in total. The van der Waals surface area contributed by atoms with Crippen LogP contribution in [0.4, 0.5) is 11.4 Å². The second-order valence-electron chi connectivity index (χ2n) is 2.19. The molecule has 11 heavy (non-hydrogen) atoms. The Hall–Kier alpha value is -0.700. The number of benzene rings is 1. The largest absolute Gasteiger partial charge is 0.388 e. The van der Waals surface area contributed by atoms with Crippen molar-refractivity contribution in [2.24, 2.45) is 0 Å². The van der Waals surface area contributed by atoms with E-state index in [-0.39, 0.29) is 0 Å². The Morgan fingerprint density at radius 2 is 1.91 bits per heavy atom. The van der Waals surface area contributed by atoms with E-state index in [4.69, 9.17) is 0 Å². The fraction of sp³-hybridized carbons (Fsp3) is 0.250. The maximum Gasteiger partial charge on any atom is 0.0483 e. The van der Waals surface area contributed by atoms with Crippen molar-refractivity contribution < 1.29 is 0 Å². The summed E-state index contributed by atoms with van der Waals surface area (Å²) in [5.74, 6) is 0. The molecule has 0 bridgehead atoms. The zero-order valence-corrected chi connectivity index (χ0v) is 8.20. The van der Waals surface area contributed by atoms with Gasteiger partial charge in [0.1, 0.15) is 0 Å². The molecule has 0 radical (unpaired) electrons. The molecule has 2 nitrogen and oxygen atoms in total. The summed E-state index contributed by atoms with van der Waals surface area (Å²) in [6.07, 6.45) is 0. The lowest BCUT2D eigenvalue weighted by Crippen LogP contribution is -1.91. The van der Waals surface area contributed by atoms with E-state index < -0.39 is 0 Å².